The Labute approximate surface area is 166 Å². The summed E-state index contributed by atoms with van der Waals surface area (Å²) in [6.45, 7) is 1.69. The number of fused-ring (bicyclic) bond motifs is 1. The van der Waals surface area contributed by atoms with E-state index in [9.17, 15) is 18.4 Å². The van der Waals surface area contributed by atoms with E-state index in [0.29, 0.717) is 22.4 Å². The number of rotatable bonds is 2. The third kappa shape index (κ3) is 3.74. The number of nitrogens with one attached hydrogen (secondary N) is 1. The van der Waals surface area contributed by atoms with Crippen LogP contribution in [0, 0.1) is 18.6 Å². The fourth-order valence-corrected chi connectivity index (χ4v) is 3.53. The molecule has 6 heteroatoms. The Morgan fingerprint density at radius 1 is 0.966 bits per heavy atom. The smallest absolute Gasteiger partial charge is 0.255 e. The standard InChI is InChI=1S/C23H18F2N2O2/c1-14-2-4-16(5-3-14)23(29)27-13-21(28)26-20-11-10-18(25)12-19(20)22(27)15-6-8-17(24)9-7-15/h2-12,22H,13H2,1H3,(H,26,28)/t22-/m0/s1. The number of hydrogen-bond donors (Lipinski definition) is 1. The van der Waals surface area contributed by atoms with Gasteiger partial charge in [0.2, 0.25) is 5.91 Å². The zero-order valence-electron chi connectivity index (χ0n) is 15.7. The molecule has 1 N–H and O–H groups in total. The normalized spacial score (nSPS) is 16.0. The summed E-state index contributed by atoms with van der Waals surface area (Å²) in [4.78, 5) is 27.2. The van der Waals surface area contributed by atoms with Crippen LogP contribution in [0.1, 0.15) is 33.1 Å². The maximum absolute atomic E-state index is 14.1. The number of benzene rings is 3. The average molecular weight is 392 g/mol. The minimum Gasteiger partial charge on any atom is -0.324 e. The van der Waals surface area contributed by atoms with Gasteiger partial charge < -0.3 is 10.2 Å². The fourth-order valence-electron chi connectivity index (χ4n) is 3.53. The molecule has 1 atom stereocenters. The minimum absolute atomic E-state index is 0.217. The lowest BCUT2D eigenvalue weighted by molar-refractivity contribution is -0.117. The van der Waals surface area contributed by atoms with E-state index in [1.807, 2.05) is 19.1 Å². The first kappa shape index (κ1) is 18.8. The van der Waals surface area contributed by atoms with Gasteiger partial charge in [-0.05, 0) is 55.0 Å². The first-order valence-electron chi connectivity index (χ1n) is 9.15. The van der Waals surface area contributed by atoms with Gasteiger partial charge in [-0.15, -0.1) is 0 Å². The van der Waals surface area contributed by atoms with Crippen LogP contribution in [0.2, 0.25) is 0 Å². The van der Waals surface area contributed by atoms with E-state index in [2.05, 4.69) is 5.32 Å². The van der Waals surface area contributed by atoms with Crippen LogP contribution in [0.4, 0.5) is 14.5 Å². The quantitative estimate of drug-likeness (QED) is 0.700. The molecule has 1 aliphatic heterocycles. The van der Waals surface area contributed by atoms with E-state index in [0.717, 1.165) is 5.56 Å². The van der Waals surface area contributed by atoms with Gasteiger partial charge in [0.25, 0.3) is 5.91 Å². The summed E-state index contributed by atoms with van der Waals surface area (Å²) in [5.74, 6) is -1.67. The Bertz CT molecular complexity index is 1080. The molecule has 0 spiro atoms. The molecule has 4 rings (SSSR count). The molecule has 1 aliphatic rings. The van der Waals surface area contributed by atoms with E-state index in [4.69, 9.17) is 0 Å². The Morgan fingerprint density at radius 2 is 1.62 bits per heavy atom. The van der Waals surface area contributed by atoms with Crippen molar-refractivity contribution < 1.29 is 18.4 Å². The Kier molecular flexibility index (Phi) is 4.84. The minimum atomic E-state index is -0.756. The predicted molar refractivity (Wildman–Crippen MR) is 105 cm³/mol. The van der Waals surface area contributed by atoms with Gasteiger partial charge >= 0.3 is 0 Å². The highest BCUT2D eigenvalue weighted by molar-refractivity contribution is 6.01. The summed E-state index contributed by atoms with van der Waals surface area (Å²) in [7, 11) is 0. The maximum Gasteiger partial charge on any atom is 0.255 e. The predicted octanol–water partition coefficient (Wildman–Crippen LogP) is 4.46. The van der Waals surface area contributed by atoms with Gasteiger partial charge in [-0.25, -0.2) is 8.78 Å². The molecule has 29 heavy (non-hydrogen) atoms. The highest BCUT2D eigenvalue weighted by Gasteiger charge is 2.34. The lowest BCUT2D eigenvalue weighted by Crippen LogP contribution is -2.39. The molecule has 0 saturated carbocycles. The lowest BCUT2D eigenvalue weighted by atomic mass is 9.95. The number of hydrogen-bond acceptors (Lipinski definition) is 2. The van der Waals surface area contributed by atoms with Gasteiger partial charge in [-0.3, -0.25) is 9.59 Å². The molecule has 2 amide bonds. The number of anilines is 1. The average Bonchev–Trinajstić information content (AvgIpc) is 2.84. The number of aryl methyl sites for hydroxylation is 1. The van der Waals surface area contributed by atoms with E-state index in [1.54, 1.807) is 24.3 Å². The summed E-state index contributed by atoms with van der Waals surface area (Å²) in [6, 6.07) is 15.9. The van der Waals surface area contributed by atoms with E-state index in [-0.39, 0.29) is 18.4 Å². The molecule has 0 fully saturated rings. The first-order valence-corrected chi connectivity index (χ1v) is 9.15. The van der Waals surface area contributed by atoms with Crippen LogP contribution < -0.4 is 5.32 Å². The van der Waals surface area contributed by atoms with Gasteiger partial charge in [0.1, 0.15) is 18.2 Å². The van der Waals surface area contributed by atoms with Crippen molar-refractivity contribution in [2.75, 3.05) is 11.9 Å². The van der Waals surface area contributed by atoms with Crippen LogP contribution in [0.5, 0.6) is 0 Å². The molecule has 146 valence electrons. The molecular weight excluding hydrogens is 374 g/mol. The molecule has 0 aromatic heterocycles. The fraction of sp³-hybridized carbons (Fsp3) is 0.130. The van der Waals surface area contributed by atoms with E-state index < -0.39 is 17.7 Å². The SMILES string of the molecule is Cc1ccc(C(=O)N2CC(=O)Nc3ccc(F)cc3[C@@H]2c2ccc(F)cc2)cc1. The van der Waals surface area contributed by atoms with Crippen molar-refractivity contribution in [2.24, 2.45) is 0 Å². The molecule has 0 aliphatic carbocycles. The Balaban J connectivity index is 1.88. The monoisotopic (exact) mass is 392 g/mol. The second-order valence-corrected chi connectivity index (χ2v) is 7.03. The zero-order chi connectivity index (χ0) is 20.5. The van der Waals surface area contributed by atoms with Crippen molar-refractivity contribution in [3.8, 4) is 0 Å². The van der Waals surface area contributed by atoms with Crippen LogP contribution in [-0.4, -0.2) is 23.3 Å². The van der Waals surface area contributed by atoms with Crippen LogP contribution in [-0.2, 0) is 4.79 Å². The van der Waals surface area contributed by atoms with E-state index >= 15 is 0 Å². The highest BCUT2D eigenvalue weighted by Crippen LogP contribution is 2.37. The number of carbonyl (C=O) groups is 2. The Hall–Kier alpha value is -3.54. The zero-order valence-corrected chi connectivity index (χ0v) is 15.7. The van der Waals surface area contributed by atoms with Crippen LogP contribution in [0.15, 0.2) is 66.7 Å². The van der Waals surface area contributed by atoms with Crippen molar-refractivity contribution >= 4 is 17.5 Å². The van der Waals surface area contributed by atoms with Crippen molar-refractivity contribution in [1.29, 1.82) is 0 Å². The topological polar surface area (TPSA) is 49.4 Å². The van der Waals surface area contributed by atoms with Gasteiger partial charge in [-0.1, -0.05) is 29.8 Å². The Morgan fingerprint density at radius 3 is 2.31 bits per heavy atom. The largest absolute Gasteiger partial charge is 0.324 e. The first-order chi connectivity index (χ1) is 13.9. The second kappa shape index (κ2) is 7.47. The molecule has 0 unspecified atom stereocenters. The van der Waals surface area contributed by atoms with Crippen molar-refractivity contribution in [1.82, 2.24) is 4.90 Å². The number of carbonyl (C=O) groups excluding carboxylic acids is 2. The molecule has 0 saturated heterocycles. The number of halogens is 2. The van der Waals surface area contributed by atoms with Gasteiger partial charge in [0.15, 0.2) is 0 Å². The summed E-state index contributed by atoms with van der Waals surface area (Å²) in [5.41, 5.74) is 2.84. The molecule has 0 radical (unpaired) electrons. The lowest BCUT2D eigenvalue weighted by Gasteiger charge is -2.30. The third-order valence-corrected chi connectivity index (χ3v) is 4.95. The van der Waals surface area contributed by atoms with Crippen molar-refractivity contribution in [3.05, 3.63) is 101 Å². The van der Waals surface area contributed by atoms with Crippen molar-refractivity contribution in [2.45, 2.75) is 13.0 Å². The molecule has 0 bridgehead atoms. The molecule has 3 aromatic carbocycles. The number of amides is 2. The second-order valence-electron chi connectivity index (χ2n) is 7.03. The molecule has 1 heterocycles. The maximum atomic E-state index is 14.1. The van der Waals surface area contributed by atoms with Crippen LogP contribution in [0.25, 0.3) is 0 Å². The van der Waals surface area contributed by atoms with Gasteiger partial charge in [-0.2, -0.15) is 0 Å². The summed E-state index contributed by atoms with van der Waals surface area (Å²) >= 11 is 0. The summed E-state index contributed by atoms with van der Waals surface area (Å²) in [6.07, 6.45) is 0. The van der Waals surface area contributed by atoms with Gasteiger partial charge in [0.05, 0.1) is 6.04 Å². The van der Waals surface area contributed by atoms with Crippen molar-refractivity contribution in [3.63, 3.8) is 0 Å². The van der Waals surface area contributed by atoms with Gasteiger partial charge in [0, 0.05) is 16.8 Å². The summed E-state index contributed by atoms with van der Waals surface area (Å²) < 4.78 is 27.6. The molecule has 3 aromatic rings. The third-order valence-electron chi connectivity index (χ3n) is 4.95. The van der Waals surface area contributed by atoms with Crippen LogP contribution in [0.3, 0.4) is 0 Å². The molecule has 4 nitrogen and oxygen atoms in total. The van der Waals surface area contributed by atoms with E-state index in [1.165, 1.54) is 35.2 Å². The molecular formula is C23H18F2N2O2. The van der Waals surface area contributed by atoms with Crippen LogP contribution >= 0.6 is 0 Å². The highest BCUT2D eigenvalue weighted by atomic mass is 19.1. The number of nitrogens with zero attached hydrogens (tertiary/aromatic N) is 1. The summed E-state index contributed by atoms with van der Waals surface area (Å²) in [5, 5.41) is 2.73.